The zero-order valence-electron chi connectivity index (χ0n) is 11.2. The van der Waals surface area contributed by atoms with Crippen LogP contribution in [0.3, 0.4) is 0 Å². The van der Waals surface area contributed by atoms with Crippen LogP contribution in [-0.2, 0) is 4.79 Å². The zero-order chi connectivity index (χ0) is 14.9. The van der Waals surface area contributed by atoms with Crippen molar-refractivity contribution in [2.24, 2.45) is 0 Å². The number of amides is 1. The van der Waals surface area contributed by atoms with Gasteiger partial charge in [-0.25, -0.2) is 4.39 Å². The predicted octanol–water partition coefficient (Wildman–Crippen LogP) is 1.75. The Morgan fingerprint density at radius 3 is 2.55 bits per heavy atom. The molecule has 0 aliphatic carbocycles. The molecule has 1 aliphatic rings. The lowest BCUT2D eigenvalue weighted by molar-refractivity contribution is -0.119. The summed E-state index contributed by atoms with van der Waals surface area (Å²) in [6.07, 6.45) is 1.47. The molecule has 1 saturated heterocycles. The van der Waals surface area contributed by atoms with Crippen molar-refractivity contribution in [3.05, 3.63) is 16.9 Å². The number of rotatable bonds is 2. The van der Waals surface area contributed by atoms with Crippen molar-refractivity contribution in [1.29, 1.82) is 0 Å². The minimum Gasteiger partial charge on any atom is -0.397 e. The Bertz CT molecular complexity index is 530. The molecule has 7 heteroatoms. The van der Waals surface area contributed by atoms with Gasteiger partial charge in [0.2, 0.25) is 5.91 Å². The van der Waals surface area contributed by atoms with Crippen molar-refractivity contribution < 1.29 is 9.18 Å². The van der Waals surface area contributed by atoms with Gasteiger partial charge in [0, 0.05) is 26.1 Å². The molecule has 0 saturated carbocycles. The standard InChI is InChI=1S/C13H18ClFN4O/c1-7(20)18-8-2-4-19(5-3-8)13-10(17)6-9(16)11(14)12(13)15/h6,8H,2-5,16-17H2,1H3,(H,18,20). The lowest BCUT2D eigenvalue weighted by atomic mass is 10.0. The number of anilines is 3. The molecule has 0 aromatic heterocycles. The first-order valence-electron chi connectivity index (χ1n) is 6.45. The van der Waals surface area contributed by atoms with E-state index in [1.54, 1.807) is 0 Å². The minimum absolute atomic E-state index is 0.0512. The maximum atomic E-state index is 14.2. The molecule has 5 N–H and O–H groups in total. The fourth-order valence-electron chi connectivity index (χ4n) is 2.51. The van der Waals surface area contributed by atoms with E-state index in [1.807, 2.05) is 4.90 Å². The third-order valence-electron chi connectivity index (χ3n) is 3.46. The molecule has 0 radical (unpaired) electrons. The molecule has 1 aliphatic heterocycles. The number of hydrogen-bond acceptors (Lipinski definition) is 4. The van der Waals surface area contributed by atoms with E-state index in [-0.39, 0.29) is 28.3 Å². The molecule has 5 nitrogen and oxygen atoms in total. The first-order valence-corrected chi connectivity index (χ1v) is 6.83. The van der Waals surface area contributed by atoms with Gasteiger partial charge in [0.1, 0.15) is 5.02 Å². The first-order chi connectivity index (χ1) is 9.40. The van der Waals surface area contributed by atoms with Gasteiger partial charge < -0.3 is 21.7 Å². The normalized spacial score (nSPS) is 16.2. The summed E-state index contributed by atoms with van der Waals surface area (Å²) in [6, 6.07) is 1.60. The second-order valence-corrected chi connectivity index (χ2v) is 5.37. The van der Waals surface area contributed by atoms with Gasteiger partial charge in [-0.2, -0.15) is 0 Å². The molecule has 110 valence electrons. The number of carbonyl (C=O) groups excluding carboxylic acids is 1. The predicted molar refractivity (Wildman–Crippen MR) is 79.3 cm³/mol. The van der Waals surface area contributed by atoms with Crippen molar-refractivity contribution in [1.82, 2.24) is 5.32 Å². The SMILES string of the molecule is CC(=O)NC1CCN(c2c(N)cc(N)c(Cl)c2F)CC1. The Hall–Kier alpha value is -1.69. The minimum atomic E-state index is -0.581. The number of halogens is 2. The fraction of sp³-hybridized carbons (Fsp3) is 0.462. The Balaban J connectivity index is 2.15. The monoisotopic (exact) mass is 300 g/mol. The van der Waals surface area contributed by atoms with E-state index in [0.717, 1.165) is 12.8 Å². The summed E-state index contributed by atoms with van der Waals surface area (Å²) in [5.74, 6) is -0.633. The number of nitrogens with two attached hydrogens (primary N) is 2. The highest BCUT2D eigenvalue weighted by Crippen LogP contribution is 2.37. The molecule has 1 aromatic rings. The summed E-state index contributed by atoms with van der Waals surface area (Å²) >= 11 is 5.83. The molecule has 20 heavy (non-hydrogen) atoms. The molecule has 0 bridgehead atoms. The molecule has 1 aromatic carbocycles. The second-order valence-electron chi connectivity index (χ2n) is 4.99. The van der Waals surface area contributed by atoms with E-state index in [2.05, 4.69) is 5.32 Å². The molecule has 0 unspecified atom stereocenters. The van der Waals surface area contributed by atoms with Crippen LogP contribution in [0.5, 0.6) is 0 Å². The summed E-state index contributed by atoms with van der Waals surface area (Å²) in [5, 5.41) is 2.77. The topological polar surface area (TPSA) is 84.4 Å². The largest absolute Gasteiger partial charge is 0.397 e. The molecule has 0 spiro atoms. The number of nitrogen functional groups attached to an aromatic ring is 2. The third-order valence-corrected chi connectivity index (χ3v) is 3.84. The number of nitrogens with one attached hydrogen (secondary N) is 1. The van der Waals surface area contributed by atoms with Crippen LogP contribution in [0.15, 0.2) is 6.07 Å². The van der Waals surface area contributed by atoms with Gasteiger partial charge in [0.05, 0.1) is 17.1 Å². The highest BCUT2D eigenvalue weighted by Gasteiger charge is 2.25. The molecule has 1 fully saturated rings. The van der Waals surface area contributed by atoms with E-state index in [9.17, 15) is 9.18 Å². The summed E-state index contributed by atoms with van der Waals surface area (Å²) in [5.41, 5.74) is 12.1. The lowest BCUT2D eigenvalue weighted by Crippen LogP contribution is -2.44. The van der Waals surface area contributed by atoms with E-state index >= 15 is 0 Å². The summed E-state index contributed by atoms with van der Waals surface area (Å²) in [6.45, 7) is 2.70. The summed E-state index contributed by atoms with van der Waals surface area (Å²) < 4.78 is 14.2. The number of carbonyl (C=O) groups is 1. The second kappa shape index (κ2) is 5.75. The van der Waals surface area contributed by atoms with Gasteiger partial charge in [-0.15, -0.1) is 0 Å². The first kappa shape index (κ1) is 14.7. The Kier molecular flexibility index (Phi) is 4.23. The Morgan fingerprint density at radius 1 is 1.40 bits per heavy atom. The van der Waals surface area contributed by atoms with Crippen LogP contribution in [0.2, 0.25) is 5.02 Å². The molecule has 1 amide bonds. The molecule has 2 rings (SSSR count). The maximum absolute atomic E-state index is 14.2. The molecular weight excluding hydrogens is 283 g/mol. The third kappa shape index (κ3) is 2.90. The zero-order valence-corrected chi connectivity index (χ0v) is 12.0. The number of piperidine rings is 1. The van der Waals surface area contributed by atoms with Gasteiger partial charge >= 0.3 is 0 Å². The fourth-order valence-corrected chi connectivity index (χ4v) is 2.66. The van der Waals surface area contributed by atoms with Gasteiger partial charge in [0.25, 0.3) is 0 Å². The number of nitrogens with zero attached hydrogens (tertiary/aromatic N) is 1. The van der Waals surface area contributed by atoms with Crippen molar-refractivity contribution in [2.45, 2.75) is 25.8 Å². The van der Waals surface area contributed by atoms with Crippen LogP contribution in [0.25, 0.3) is 0 Å². The van der Waals surface area contributed by atoms with Crippen LogP contribution in [-0.4, -0.2) is 25.0 Å². The highest BCUT2D eigenvalue weighted by atomic mass is 35.5. The van der Waals surface area contributed by atoms with Crippen LogP contribution in [0.4, 0.5) is 21.5 Å². The van der Waals surface area contributed by atoms with E-state index in [1.165, 1.54) is 13.0 Å². The van der Waals surface area contributed by atoms with Crippen LogP contribution in [0, 0.1) is 5.82 Å². The van der Waals surface area contributed by atoms with Crippen LogP contribution < -0.4 is 21.7 Å². The molecular formula is C13H18ClFN4O. The maximum Gasteiger partial charge on any atom is 0.217 e. The molecule has 0 atom stereocenters. The number of benzene rings is 1. The van der Waals surface area contributed by atoms with Gasteiger partial charge in [0.15, 0.2) is 5.82 Å². The van der Waals surface area contributed by atoms with E-state index in [0.29, 0.717) is 18.8 Å². The number of hydrogen-bond donors (Lipinski definition) is 3. The lowest BCUT2D eigenvalue weighted by Gasteiger charge is -2.34. The average Bonchev–Trinajstić information content (AvgIpc) is 2.37. The van der Waals surface area contributed by atoms with Crippen molar-refractivity contribution in [2.75, 3.05) is 29.5 Å². The highest BCUT2D eigenvalue weighted by molar-refractivity contribution is 6.33. The van der Waals surface area contributed by atoms with Crippen LogP contribution >= 0.6 is 11.6 Å². The van der Waals surface area contributed by atoms with Crippen molar-refractivity contribution in [3.8, 4) is 0 Å². The van der Waals surface area contributed by atoms with Gasteiger partial charge in [-0.3, -0.25) is 4.79 Å². The molecule has 1 heterocycles. The summed E-state index contributed by atoms with van der Waals surface area (Å²) in [4.78, 5) is 12.9. The van der Waals surface area contributed by atoms with Crippen molar-refractivity contribution in [3.63, 3.8) is 0 Å². The summed E-state index contributed by atoms with van der Waals surface area (Å²) in [7, 11) is 0. The average molecular weight is 301 g/mol. The Morgan fingerprint density at radius 2 is 2.00 bits per heavy atom. The van der Waals surface area contributed by atoms with Crippen molar-refractivity contribution >= 4 is 34.6 Å². The smallest absolute Gasteiger partial charge is 0.217 e. The van der Waals surface area contributed by atoms with Gasteiger partial charge in [-0.1, -0.05) is 11.6 Å². The van der Waals surface area contributed by atoms with Gasteiger partial charge in [-0.05, 0) is 18.9 Å². The van der Waals surface area contributed by atoms with Crippen LogP contribution in [0.1, 0.15) is 19.8 Å². The van der Waals surface area contributed by atoms with E-state index in [4.69, 9.17) is 23.1 Å². The quantitative estimate of drug-likeness (QED) is 0.727. The van der Waals surface area contributed by atoms with E-state index < -0.39 is 5.82 Å². The Labute approximate surface area is 122 Å².